The number of nitrogens with one attached hydrogen (secondary N) is 1. The Balaban J connectivity index is 1.64. The molecule has 3 aromatic rings. The van der Waals surface area contributed by atoms with E-state index in [1.54, 1.807) is 12.1 Å². The Morgan fingerprint density at radius 3 is 2.20 bits per heavy atom. The van der Waals surface area contributed by atoms with Gasteiger partial charge in [-0.25, -0.2) is 4.79 Å². The van der Waals surface area contributed by atoms with Crippen molar-refractivity contribution in [2.24, 2.45) is 5.92 Å². The second kappa shape index (κ2) is 9.44. The summed E-state index contributed by atoms with van der Waals surface area (Å²) in [6, 6.07) is 18.7. The molecule has 5 heteroatoms. The van der Waals surface area contributed by atoms with Gasteiger partial charge in [0.2, 0.25) is 0 Å². The van der Waals surface area contributed by atoms with Gasteiger partial charge in [0.1, 0.15) is 11.3 Å². The molecule has 0 saturated heterocycles. The van der Waals surface area contributed by atoms with Crippen LogP contribution in [0.25, 0.3) is 10.8 Å². The molecule has 3 aromatic carbocycles. The lowest BCUT2D eigenvalue weighted by Gasteiger charge is -2.16. The van der Waals surface area contributed by atoms with Crippen molar-refractivity contribution >= 4 is 22.6 Å². The Bertz CT molecular complexity index is 1040. The number of benzene rings is 3. The van der Waals surface area contributed by atoms with Gasteiger partial charge in [-0.05, 0) is 53.3 Å². The van der Waals surface area contributed by atoms with Crippen molar-refractivity contribution in [1.82, 2.24) is 5.32 Å². The number of fused-ring (bicyclic) bond motifs is 1. The van der Waals surface area contributed by atoms with Crippen LogP contribution in [0.15, 0.2) is 60.7 Å². The van der Waals surface area contributed by atoms with Crippen molar-refractivity contribution in [2.75, 3.05) is 6.61 Å². The molecule has 156 valence electrons. The smallest absolute Gasteiger partial charge is 0.339 e. The first-order valence-electron chi connectivity index (χ1n) is 10.1. The third-order valence-electron chi connectivity index (χ3n) is 4.94. The standard InChI is InChI=1S/C25H27NO4/c1-16(2)12-18-8-10-19(11-9-18)17(3)26-24(27)15-30-23-14-21-7-5-4-6-20(21)13-22(23)25(28)29/h4-11,13-14,16-17H,12,15H2,1-3H3,(H,26,27)(H,28,29). The number of hydrogen-bond donors (Lipinski definition) is 2. The van der Waals surface area contributed by atoms with E-state index in [4.69, 9.17) is 4.74 Å². The summed E-state index contributed by atoms with van der Waals surface area (Å²) in [6.07, 6.45) is 1.02. The highest BCUT2D eigenvalue weighted by Crippen LogP contribution is 2.26. The van der Waals surface area contributed by atoms with E-state index in [0.717, 1.165) is 22.8 Å². The van der Waals surface area contributed by atoms with Crippen LogP contribution < -0.4 is 10.1 Å². The van der Waals surface area contributed by atoms with Crippen molar-refractivity contribution in [3.8, 4) is 5.75 Å². The van der Waals surface area contributed by atoms with Crippen LogP contribution in [-0.2, 0) is 11.2 Å². The monoisotopic (exact) mass is 405 g/mol. The van der Waals surface area contributed by atoms with Gasteiger partial charge >= 0.3 is 5.97 Å². The molecule has 3 rings (SSSR count). The molecule has 0 radical (unpaired) electrons. The summed E-state index contributed by atoms with van der Waals surface area (Å²) >= 11 is 0. The first kappa shape index (κ1) is 21.4. The molecular formula is C25H27NO4. The fourth-order valence-electron chi connectivity index (χ4n) is 3.43. The highest BCUT2D eigenvalue weighted by Gasteiger charge is 2.16. The highest BCUT2D eigenvalue weighted by atomic mass is 16.5. The van der Waals surface area contributed by atoms with Crippen LogP contribution in [-0.4, -0.2) is 23.6 Å². The number of carbonyl (C=O) groups excluding carboxylic acids is 1. The molecule has 0 aromatic heterocycles. The first-order valence-corrected chi connectivity index (χ1v) is 10.1. The average Bonchev–Trinajstić information content (AvgIpc) is 2.71. The zero-order valence-corrected chi connectivity index (χ0v) is 17.5. The maximum atomic E-state index is 12.4. The predicted molar refractivity (Wildman–Crippen MR) is 118 cm³/mol. The number of ether oxygens (including phenoxy) is 1. The maximum absolute atomic E-state index is 12.4. The summed E-state index contributed by atoms with van der Waals surface area (Å²) in [5.41, 5.74) is 2.32. The molecular weight excluding hydrogens is 378 g/mol. The minimum Gasteiger partial charge on any atom is -0.483 e. The Hall–Kier alpha value is -3.34. The van der Waals surface area contributed by atoms with E-state index < -0.39 is 5.97 Å². The van der Waals surface area contributed by atoms with Gasteiger partial charge in [-0.2, -0.15) is 0 Å². The van der Waals surface area contributed by atoms with E-state index in [-0.39, 0.29) is 29.9 Å². The summed E-state index contributed by atoms with van der Waals surface area (Å²) in [5.74, 6) is -0.623. The molecule has 0 saturated carbocycles. The van der Waals surface area contributed by atoms with E-state index in [1.165, 1.54) is 5.56 Å². The lowest BCUT2D eigenvalue weighted by Crippen LogP contribution is -2.31. The zero-order valence-electron chi connectivity index (χ0n) is 17.5. The number of rotatable bonds is 8. The number of carbonyl (C=O) groups is 2. The molecule has 0 heterocycles. The number of amides is 1. The summed E-state index contributed by atoms with van der Waals surface area (Å²) in [7, 11) is 0. The van der Waals surface area contributed by atoms with Crippen molar-refractivity contribution in [2.45, 2.75) is 33.2 Å². The van der Waals surface area contributed by atoms with Crippen LogP contribution in [0.5, 0.6) is 5.75 Å². The van der Waals surface area contributed by atoms with Gasteiger partial charge in [0, 0.05) is 0 Å². The number of hydrogen-bond acceptors (Lipinski definition) is 3. The fraction of sp³-hybridized carbons (Fsp3) is 0.280. The molecule has 5 nitrogen and oxygen atoms in total. The van der Waals surface area contributed by atoms with Crippen LogP contribution >= 0.6 is 0 Å². The number of carboxylic acid groups (broad SMARTS) is 1. The molecule has 2 N–H and O–H groups in total. The topological polar surface area (TPSA) is 75.6 Å². The third-order valence-corrected chi connectivity index (χ3v) is 4.94. The quantitative estimate of drug-likeness (QED) is 0.553. The Labute approximate surface area is 176 Å². The fourth-order valence-corrected chi connectivity index (χ4v) is 3.43. The predicted octanol–water partition coefficient (Wildman–Crippen LogP) is 4.99. The van der Waals surface area contributed by atoms with Gasteiger partial charge in [0.25, 0.3) is 5.91 Å². The third kappa shape index (κ3) is 5.38. The van der Waals surface area contributed by atoms with Gasteiger partial charge in [-0.3, -0.25) is 4.79 Å². The maximum Gasteiger partial charge on any atom is 0.339 e. The van der Waals surface area contributed by atoms with Crippen LogP contribution in [0.1, 0.15) is 48.3 Å². The second-order valence-corrected chi connectivity index (χ2v) is 7.92. The average molecular weight is 405 g/mol. The van der Waals surface area contributed by atoms with Crippen molar-refractivity contribution in [3.05, 3.63) is 77.4 Å². The summed E-state index contributed by atoms with van der Waals surface area (Å²) in [6.45, 7) is 6.02. The lowest BCUT2D eigenvalue weighted by molar-refractivity contribution is -0.123. The Morgan fingerprint density at radius 2 is 1.60 bits per heavy atom. The normalized spacial score (nSPS) is 12.0. The van der Waals surface area contributed by atoms with Gasteiger partial charge in [0.15, 0.2) is 6.61 Å². The lowest BCUT2D eigenvalue weighted by atomic mass is 10.00. The van der Waals surface area contributed by atoms with Gasteiger partial charge in [-0.15, -0.1) is 0 Å². The molecule has 0 aliphatic heterocycles. The first-order chi connectivity index (χ1) is 14.3. The molecule has 0 aliphatic rings. The number of carboxylic acids is 1. The number of aromatic carboxylic acids is 1. The summed E-state index contributed by atoms with van der Waals surface area (Å²) in [5, 5.41) is 14.0. The Morgan fingerprint density at radius 1 is 0.967 bits per heavy atom. The van der Waals surface area contributed by atoms with E-state index in [1.807, 2.05) is 43.3 Å². The molecule has 0 fully saturated rings. The molecule has 1 atom stereocenters. The molecule has 1 unspecified atom stereocenters. The minimum atomic E-state index is -1.09. The minimum absolute atomic E-state index is 0.0373. The van der Waals surface area contributed by atoms with Crippen molar-refractivity contribution in [1.29, 1.82) is 0 Å². The van der Waals surface area contributed by atoms with Gasteiger partial charge in [-0.1, -0.05) is 62.4 Å². The summed E-state index contributed by atoms with van der Waals surface area (Å²) < 4.78 is 5.58. The van der Waals surface area contributed by atoms with E-state index in [0.29, 0.717) is 5.92 Å². The Kier molecular flexibility index (Phi) is 6.72. The molecule has 1 amide bonds. The zero-order chi connectivity index (χ0) is 21.7. The van der Waals surface area contributed by atoms with Crippen LogP contribution in [0.2, 0.25) is 0 Å². The van der Waals surface area contributed by atoms with Gasteiger partial charge < -0.3 is 15.2 Å². The highest BCUT2D eigenvalue weighted by molar-refractivity contribution is 5.97. The molecule has 0 spiro atoms. The largest absolute Gasteiger partial charge is 0.483 e. The van der Waals surface area contributed by atoms with E-state index >= 15 is 0 Å². The van der Waals surface area contributed by atoms with Crippen LogP contribution in [0.3, 0.4) is 0 Å². The van der Waals surface area contributed by atoms with Crippen LogP contribution in [0.4, 0.5) is 0 Å². The van der Waals surface area contributed by atoms with Gasteiger partial charge in [0.05, 0.1) is 6.04 Å². The summed E-state index contributed by atoms with van der Waals surface area (Å²) in [4.78, 5) is 24.0. The van der Waals surface area contributed by atoms with Crippen molar-refractivity contribution < 1.29 is 19.4 Å². The molecule has 0 bridgehead atoms. The van der Waals surface area contributed by atoms with E-state index in [2.05, 4.69) is 31.3 Å². The van der Waals surface area contributed by atoms with Crippen LogP contribution in [0, 0.1) is 5.92 Å². The second-order valence-electron chi connectivity index (χ2n) is 7.92. The molecule has 0 aliphatic carbocycles. The molecule has 30 heavy (non-hydrogen) atoms. The van der Waals surface area contributed by atoms with Crippen molar-refractivity contribution in [3.63, 3.8) is 0 Å². The van der Waals surface area contributed by atoms with E-state index in [9.17, 15) is 14.7 Å². The SMILES string of the molecule is CC(C)Cc1ccc(C(C)NC(=O)COc2cc3ccccc3cc2C(=O)O)cc1.